The van der Waals surface area contributed by atoms with Crippen molar-refractivity contribution >= 4 is 0 Å². The van der Waals surface area contributed by atoms with Crippen LogP contribution in [0.5, 0.6) is 0 Å². The van der Waals surface area contributed by atoms with Crippen molar-refractivity contribution in [3.05, 3.63) is 36.3 Å². The van der Waals surface area contributed by atoms with Gasteiger partial charge in [0.05, 0.1) is 6.26 Å². The van der Waals surface area contributed by atoms with Gasteiger partial charge in [0.15, 0.2) is 0 Å². The van der Waals surface area contributed by atoms with E-state index >= 15 is 0 Å². The Morgan fingerprint density at radius 1 is 1.50 bits per heavy atom. The minimum absolute atomic E-state index is 1.01. The van der Waals surface area contributed by atoms with Crippen LogP contribution in [0.15, 0.2) is 36.3 Å². The highest BCUT2D eigenvalue weighted by atomic mass is 16.5. The van der Waals surface area contributed by atoms with Crippen molar-refractivity contribution in [3.63, 3.8) is 0 Å². The van der Waals surface area contributed by atoms with Crippen LogP contribution in [-0.4, -0.2) is 0 Å². The zero-order chi connectivity index (χ0) is 7.40. The van der Waals surface area contributed by atoms with Crippen LogP contribution < -0.4 is 0 Å². The molecule has 0 saturated heterocycles. The maximum atomic E-state index is 5.11. The summed E-state index contributed by atoms with van der Waals surface area (Å²) < 4.78 is 5.11. The van der Waals surface area contributed by atoms with E-state index in [0.717, 1.165) is 18.6 Å². The van der Waals surface area contributed by atoms with Crippen LogP contribution in [0.4, 0.5) is 0 Å². The molecule has 0 N–H and O–H groups in total. The Morgan fingerprint density at radius 2 is 2.30 bits per heavy atom. The average molecular weight is 136 g/mol. The Labute approximate surface area is 61.7 Å². The number of hydrogen-bond donors (Lipinski definition) is 0. The summed E-state index contributed by atoms with van der Waals surface area (Å²) in [5.74, 6) is 1.01. The third-order valence-electron chi connectivity index (χ3n) is 1.55. The van der Waals surface area contributed by atoms with Crippen LogP contribution in [0.3, 0.4) is 0 Å². The van der Waals surface area contributed by atoms with E-state index in [9.17, 15) is 0 Å². The molecule has 0 spiro atoms. The van der Waals surface area contributed by atoms with Gasteiger partial charge in [-0.15, -0.1) is 0 Å². The van der Waals surface area contributed by atoms with Gasteiger partial charge in [-0.25, -0.2) is 0 Å². The van der Waals surface area contributed by atoms with Crippen molar-refractivity contribution in [3.8, 4) is 0 Å². The minimum atomic E-state index is 1.01. The molecule has 10 heavy (non-hydrogen) atoms. The fourth-order valence-electron chi connectivity index (χ4n) is 0.927. The van der Waals surface area contributed by atoms with Crippen LogP contribution in [0.2, 0.25) is 0 Å². The van der Waals surface area contributed by atoms with Crippen LogP contribution >= 0.6 is 0 Å². The minimum Gasteiger partial charge on any atom is -0.470 e. The second-order valence-electron chi connectivity index (χ2n) is 2.43. The number of ether oxygens (including phenoxy) is 1. The summed E-state index contributed by atoms with van der Waals surface area (Å²) in [5, 5.41) is 0. The SMILES string of the molecule is C=COC1=CC=C(C)CC1. The van der Waals surface area contributed by atoms with Crippen molar-refractivity contribution in [1.29, 1.82) is 0 Å². The molecule has 0 aromatic heterocycles. The van der Waals surface area contributed by atoms with E-state index in [-0.39, 0.29) is 0 Å². The highest BCUT2D eigenvalue weighted by Gasteiger charge is 2.01. The molecule has 0 radical (unpaired) electrons. The van der Waals surface area contributed by atoms with E-state index in [0.29, 0.717) is 0 Å². The molecule has 1 aliphatic carbocycles. The zero-order valence-electron chi connectivity index (χ0n) is 6.26. The van der Waals surface area contributed by atoms with E-state index < -0.39 is 0 Å². The molecule has 0 saturated carbocycles. The first-order chi connectivity index (χ1) is 4.83. The lowest BCUT2D eigenvalue weighted by atomic mass is 10.1. The Morgan fingerprint density at radius 3 is 2.80 bits per heavy atom. The van der Waals surface area contributed by atoms with Gasteiger partial charge in [0.25, 0.3) is 0 Å². The van der Waals surface area contributed by atoms with Gasteiger partial charge in [-0.05, 0) is 19.4 Å². The van der Waals surface area contributed by atoms with Crippen LogP contribution in [-0.2, 0) is 4.74 Å². The highest BCUT2D eigenvalue weighted by Crippen LogP contribution is 2.18. The molecule has 1 nitrogen and oxygen atoms in total. The Hall–Kier alpha value is -0.980. The summed E-state index contributed by atoms with van der Waals surface area (Å²) in [6.07, 6.45) is 7.68. The standard InChI is InChI=1S/C9H12O/c1-3-10-9-6-4-8(2)5-7-9/h3-4,6H,1,5,7H2,2H3. The number of hydrogen-bond acceptors (Lipinski definition) is 1. The van der Waals surface area contributed by atoms with E-state index in [1.807, 2.05) is 6.08 Å². The summed E-state index contributed by atoms with van der Waals surface area (Å²) in [5.41, 5.74) is 1.41. The smallest absolute Gasteiger partial charge is 0.103 e. The highest BCUT2D eigenvalue weighted by molar-refractivity contribution is 5.19. The molecule has 0 atom stereocenters. The maximum Gasteiger partial charge on any atom is 0.103 e. The largest absolute Gasteiger partial charge is 0.470 e. The second-order valence-corrected chi connectivity index (χ2v) is 2.43. The van der Waals surface area contributed by atoms with Crippen LogP contribution in [0, 0.1) is 0 Å². The van der Waals surface area contributed by atoms with E-state index in [2.05, 4.69) is 19.6 Å². The molecule has 0 aliphatic heterocycles. The predicted molar refractivity (Wildman–Crippen MR) is 42.4 cm³/mol. The van der Waals surface area contributed by atoms with Gasteiger partial charge in [0.2, 0.25) is 0 Å². The third-order valence-corrected chi connectivity index (χ3v) is 1.55. The lowest BCUT2D eigenvalue weighted by molar-refractivity contribution is 0.333. The van der Waals surface area contributed by atoms with Crippen LogP contribution in [0.1, 0.15) is 19.8 Å². The molecular formula is C9H12O. The molecule has 54 valence electrons. The van der Waals surface area contributed by atoms with Crippen molar-refractivity contribution in [1.82, 2.24) is 0 Å². The van der Waals surface area contributed by atoms with E-state index in [4.69, 9.17) is 4.74 Å². The normalized spacial score (nSPS) is 17.3. The fourth-order valence-corrected chi connectivity index (χ4v) is 0.927. The third kappa shape index (κ3) is 1.76. The van der Waals surface area contributed by atoms with E-state index in [1.165, 1.54) is 11.8 Å². The van der Waals surface area contributed by atoms with Crippen molar-refractivity contribution < 1.29 is 4.74 Å². The molecule has 0 unspecified atom stereocenters. The summed E-state index contributed by atoms with van der Waals surface area (Å²) in [6, 6.07) is 0. The Kier molecular flexibility index (Phi) is 2.32. The quantitative estimate of drug-likeness (QED) is 0.530. The molecule has 1 rings (SSSR count). The molecular weight excluding hydrogens is 124 g/mol. The van der Waals surface area contributed by atoms with Gasteiger partial charge < -0.3 is 4.74 Å². The van der Waals surface area contributed by atoms with Gasteiger partial charge in [0.1, 0.15) is 5.76 Å². The second kappa shape index (κ2) is 3.25. The van der Waals surface area contributed by atoms with Gasteiger partial charge in [-0.1, -0.05) is 18.2 Å². The van der Waals surface area contributed by atoms with E-state index in [1.54, 1.807) is 0 Å². The molecule has 1 heteroatoms. The lowest BCUT2D eigenvalue weighted by Crippen LogP contribution is -1.91. The first-order valence-corrected chi connectivity index (χ1v) is 3.47. The van der Waals surface area contributed by atoms with Crippen molar-refractivity contribution in [2.45, 2.75) is 19.8 Å². The maximum absolute atomic E-state index is 5.11. The van der Waals surface area contributed by atoms with Gasteiger partial charge in [0, 0.05) is 6.42 Å². The topological polar surface area (TPSA) is 9.23 Å². The number of rotatable bonds is 2. The molecule has 0 heterocycles. The van der Waals surface area contributed by atoms with Crippen LogP contribution in [0.25, 0.3) is 0 Å². The summed E-state index contributed by atoms with van der Waals surface area (Å²) >= 11 is 0. The Balaban J connectivity index is 2.55. The summed E-state index contributed by atoms with van der Waals surface area (Å²) in [7, 11) is 0. The summed E-state index contributed by atoms with van der Waals surface area (Å²) in [6.45, 7) is 5.62. The van der Waals surface area contributed by atoms with Gasteiger partial charge >= 0.3 is 0 Å². The average Bonchev–Trinajstić information content (AvgIpc) is 1.95. The Bertz CT molecular complexity index is 187. The molecule has 0 aromatic rings. The number of allylic oxidation sites excluding steroid dienone is 4. The monoisotopic (exact) mass is 136 g/mol. The molecule has 0 aromatic carbocycles. The van der Waals surface area contributed by atoms with Gasteiger partial charge in [-0.2, -0.15) is 0 Å². The van der Waals surface area contributed by atoms with Crippen molar-refractivity contribution in [2.24, 2.45) is 0 Å². The molecule has 0 amide bonds. The van der Waals surface area contributed by atoms with Gasteiger partial charge in [-0.3, -0.25) is 0 Å². The summed E-state index contributed by atoms with van der Waals surface area (Å²) in [4.78, 5) is 0. The first kappa shape index (κ1) is 7.13. The predicted octanol–water partition coefficient (Wildman–Crippen LogP) is 2.77. The first-order valence-electron chi connectivity index (χ1n) is 3.47. The zero-order valence-corrected chi connectivity index (χ0v) is 6.26. The van der Waals surface area contributed by atoms with Crippen molar-refractivity contribution in [2.75, 3.05) is 0 Å². The fraction of sp³-hybridized carbons (Fsp3) is 0.333. The molecule has 1 aliphatic rings. The molecule has 0 fully saturated rings. The molecule has 0 bridgehead atoms. The lowest BCUT2D eigenvalue weighted by Gasteiger charge is -2.09.